The number of nitrogens with zero attached hydrogens (tertiary/aromatic N) is 6. The van der Waals surface area contributed by atoms with Gasteiger partial charge < -0.3 is 19.9 Å². The van der Waals surface area contributed by atoms with E-state index in [0.717, 1.165) is 25.9 Å². The van der Waals surface area contributed by atoms with Crippen molar-refractivity contribution in [3.8, 4) is 5.75 Å². The Bertz CT molecular complexity index is 1320. The van der Waals surface area contributed by atoms with Gasteiger partial charge in [0, 0.05) is 25.2 Å². The van der Waals surface area contributed by atoms with E-state index in [1.165, 1.54) is 68.5 Å². The maximum atomic E-state index is 12.4. The highest BCUT2D eigenvalue weighted by Crippen LogP contribution is 2.25. The quantitative estimate of drug-likeness (QED) is 0.473. The van der Waals surface area contributed by atoms with Gasteiger partial charge in [-0.05, 0) is 69.5 Å². The van der Waals surface area contributed by atoms with Crippen molar-refractivity contribution in [3.63, 3.8) is 0 Å². The second-order valence-corrected chi connectivity index (χ2v) is 9.44. The number of nitrogens with one attached hydrogen (secondary N) is 1. The first kappa shape index (κ1) is 25.8. The zero-order valence-electron chi connectivity index (χ0n) is 20.9. The topological polar surface area (TPSA) is 96.4 Å². The molecule has 0 unspecified atom stereocenters. The lowest BCUT2D eigenvalue weighted by atomic mass is 10.0. The fourth-order valence-electron chi connectivity index (χ4n) is 4.89. The Labute approximate surface area is 217 Å². The maximum Gasteiger partial charge on any atom is 0.573 e. The van der Waals surface area contributed by atoms with Gasteiger partial charge in [-0.25, -0.2) is 15.0 Å². The predicted octanol–water partition coefficient (Wildman–Crippen LogP) is 4.34. The van der Waals surface area contributed by atoms with Gasteiger partial charge in [0.15, 0.2) is 11.5 Å². The number of fused-ring (bicyclic) bond motifs is 1. The Morgan fingerprint density at radius 1 is 1.05 bits per heavy atom. The number of amides is 1. The first-order valence-corrected chi connectivity index (χ1v) is 12.6. The van der Waals surface area contributed by atoms with Crippen LogP contribution in [0.25, 0.3) is 17.2 Å². The average molecular weight is 528 g/mol. The number of aromatic nitrogens is 4. The lowest BCUT2D eigenvalue weighted by Crippen LogP contribution is -2.44. The first-order chi connectivity index (χ1) is 18.2. The standard InChI is InChI=1S/C26H28F3N7O2/c1-17-23-24(34-25(31-17)36-14-10-19(11-15-36)35-12-2-3-13-35)30-16-21(33-23)32-22(37)9-6-18-4-7-20(8-5-18)38-26(27,28)29/h4-9,16,19H,2-3,10-15H2,1H3,(H,32,33,37)/b9-6+. The summed E-state index contributed by atoms with van der Waals surface area (Å²) in [5, 5.41) is 2.64. The number of aryl methyl sites for hydroxylation is 1. The minimum Gasteiger partial charge on any atom is -0.406 e. The molecule has 4 heterocycles. The van der Waals surface area contributed by atoms with Crippen molar-refractivity contribution in [2.45, 2.75) is 45.0 Å². The molecule has 0 aliphatic carbocycles. The molecule has 2 fully saturated rings. The summed E-state index contributed by atoms with van der Waals surface area (Å²) in [5.74, 6) is 0.0886. The van der Waals surface area contributed by atoms with Crippen LogP contribution in [0.4, 0.5) is 24.9 Å². The highest BCUT2D eigenvalue weighted by molar-refractivity contribution is 6.01. The molecule has 3 aromatic rings. The fraction of sp³-hybridized carbons (Fsp3) is 0.423. The number of rotatable bonds is 6. The van der Waals surface area contributed by atoms with Gasteiger partial charge in [-0.1, -0.05) is 12.1 Å². The number of alkyl halides is 3. The number of halogens is 3. The largest absolute Gasteiger partial charge is 0.573 e. The van der Waals surface area contributed by atoms with E-state index in [1.54, 1.807) is 0 Å². The Morgan fingerprint density at radius 3 is 2.45 bits per heavy atom. The monoisotopic (exact) mass is 527 g/mol. The van der Waals surface area contributed by atoms with Crippen LogP contribution >= 0.6 is 0 Å². The van der Waals surface area contributed by atoms with E-state index in [0.29, 0.717) is 34.4 Å². The van der Waals surface area contributed by atoms with E-state index in [9.17, 15) is 18.0 Å². The van der Waals surface area contributed by atoms with Crippen molar-refractivity contribution in [2.75, 3.05) is 36.4 Å². The molecule has 0 atom stereocenters. The zero-order chi connectivity index (χ0) is 26.7. The van der Waals surface area contributed by atoms with Crippen molar-refractivity contribution in [3.05, 3.63) is 47.8 Å². The molecule has 38 heavy (non-hydrogen) atoms. The van der Waals surface area contributed by atoms with Crippen molar-refractivity contribution >= 4 is 34.9 Å². The number of anilines is 2. The summed E-state index contributed by atoms with van der Waals surface area (Å²) < 4.78 is 40.7. The molecular formula is C26H28F3N7O2. The molecule has 200 valence electrons. The van der Waals surface area contributed by atoms with Crippen molar-refractivity contribution in [1.82, 2.24) is 24.8 Å². The summed E-state index contributed by atoms with van der Waals surface area (Å²) in [4.78, 5) is 35.3. The van der Waals surface area contributed by atoms with Crippen LogP contribution < -0.4 is 15.0 Å². The van der Waals surface area contributed by atoms with E-state index < -0.39 is 12.3 Å². The van der Waals surface area contributed by atoms with Gasteiger partial charge in [-0.15, -0.1) is 13.2 Å². The van der Waals surface area contributed by atoms with Crippen LogP contribution in [0.2, 0.25) is 0 Å². The third-order valence-electron chi connectivity index (χ3n) is 6.77. The molecule has 5 rings (SSSR count). The number of likely N-dealkylation sites (tertiary alicyclic amines) is 1. The molecule has 2 saturated heterocycles. The van der Waals surface area contributed by atoms with Crippen LogP contribution in [-0.2, 0) is 4.79 Å². The van der Waals surface area contributed by atoms with E-state index in [4.69, 9.17) is 0 Å². The Hall–Kier alpha value is -3.80. The second-order valence-electron chi connectivity index (χ2n) is 9.44. The number of piperidine rings is 1. The van der Waals surface area contributed by atoms with Crippen LogP contribution in [0.1, 0.15) is 36.9 Å². The summed E-state index contributed by atoms with van der Waals surface area (Å²) in [6.45, 7) is 6.05. The smallest absolute Gasteiger partial charge is 0.406 e. The highest BCUT2D eigenvalue weighted by atomic mass is 19.4. The summed E-state index contributed by atoms with van der Waals surface area (Å²) in [5.41, 5.74) is 2.17. The summed E-state index contributed by atoms with van der Waals surface area (Å²) in [6.07, 6.45) is 4.18. The van der Waals surface area contributed by atoms with Crippen LogP contribution in [0.5, 0.6) is 5.75 Å². The maximum absolute atomic E-state index is 12.4. The number of hydrogen-bond acceptors (Lipinski definition) is 8. The van der Waals surface area contributed by atoms with Gasteiger partial charge in [0.25, 0.3) is 0 Å². The molecule has 2 aromatic heterocycles. The molecule has 0 saturated carbocycles. The van der Waals surface area contributed by atoms with Gasteiger partial charge in [-0.3, -0.25) is 4.79 Å². The molecule has 1 aromatic carbocycles. The fourth-order valence-corrected chi connectivity index (χ4v) is 4.89. The molecule has 12 heteroatoms. The highest BCUT2D eigenvalue weighted by Gasteiger charge is 2.31. The molecular weight excluding hydrogens is 499 g/mol. The molecule has 1 amide bonds. The molecule has 0 spiro atoms. The Balaban J connectivity index is 1.20. The molecule has 0 radical (unpaired) electrons. The van der Waals surface area contributed by atoms with Crippen molar-refractivity contribution < 1.29 is 22.7 Å². The van der Waals surface area contributed by atoms with Gasteiger partial charge in [-0.2, -0.15) is 4.98 Å². The first-order valence-electron chi connectivity index (χ1n) is 12.6. The lowest BCUT2D eigenvalue weighted by molar-refractivity contribution is -0.274. The minimum atomic E-state index is -4.76. The third kappa shape index (κ3) is 6.36. The van der Waals surface area contributed by atoms with Gasteiger partial charge in [0.1, 0.15) is 11.3 Å². The molecule has 2 aliphatic heterocycles. The third-order valence-corrected chi connectivity index (χ3v) is 6.77. The van der Waals surface area contributed by atoms with E-state index in [-0.39, 0.29) is 11.6 Å². The van der Waals surface area contributed by atoms with Gasteiger partial charge in [0.05, 0.1) is 11.9 Å². The Kier molecular flexibility index (Phi) is 7.41. The SMILES string of the molecule is Cc1nc(N2CCC(N3CCCC3)CC2)nc2ncc(NC(=O)/C=C/c3ccc(OC(F)(F)F)cc3)nc12. The van der Waals surface area contributed by atoms with Crippen LogP contribution in [-0.4, -0.2) is 69.3 Å². The Morgan fingerprint density at radius 2 is 1.76 bits per heavy atom. The number of benzene rings is 1. The van der Waals surface area contributed by atoms with Gasteiger partial charge >= 0.3 is 6.36 Å². The normalized spacial score (nSPS) is 17.4. The van der Waals surface area contributed by atoms with E-state index in [1.807, 2.05) is 6.92 Å². The van der Waals surface area contributed by atoms with Crippen LogP contribution in [0.15, 0.2) is 36.5 Å². The minimum absolute atomic E-state index is 0.243. The van der Waals surface area contributed by atoms with Crippen molar-refractivity contribution in [2.24, 2.45) is 0 Å². The number of hydrogen-bond donors (Lipinski definition) is 1. The molecule has 9 nitrogen and oxygen atoms in total. The van der Waals surface area contributed by atoms with Crippen LogP contribution in [0.3, 0.4) is 0 Å². The number of carbonyl (C=O) groups excluding carboxylic acids is 1. The van der Waals surface area contributed by atoms with E-state index in [2.05, 4.69) is 39.8 Å². The molecule has 2 aliphatic rings. The van der Waals surface area contributed by atoms with Crippen molar-refractivity contribution in [1.29, 1.82) is 0 Å². The average Bonchev–Trinajstić information content (AvgIpc) is 3.43. The molecule has 1 N–H and O–H groups in total. The summed E-state index contributed by atoms with van der Waals surface area (Å²) >= 11 is 0. The van der Waals surface area contributed by atoms with Gasteiger partial charge in [0.2, 0.25) is 11.9 Å². The second kappa shape index (κ2) is 10.9. The van der Waals surface area contributed by atoms with Crippen LogP contribution in [0, 0.1) is 6.92 Å². The number of ether oxygens (including phenoxy) is 1. The predicted molar refractivity (Wildman–Crippen MR) is 137 cm³/mol. The van der Waals surface area contributed by atoms with E-state index >= 15 is 0 Å². The summed E-state index contributed by atoms with van der Waals surface area (Å²) in [7, 11) is 0. The lowest BCUT2D eigenvalue weighted by Gasteiger charge is -2.36. The zero-order valence-corrected chi connectivity index (χ0v) is 20.9. The summed E-state index contributed by atoms with van der Waals surface area (Å²) in [6, 6.07) is 5.80. The number of carbonyl (C=O) groups is 1. The molecule has 0 bridgehead atoms.